The number of imidazole rings is 1. The van der Waals surface area contributed by atoms with E-state index >= 15 is 0 Å². The van der Waals surface area contributed by atoms with Gasteiger partial charge in [0.15, 0.2) is 5.82 Å². The molecule has 1 saturated heterocycles. The lowest BCUT2D eigenvalue weighted by Crippen LogP contribution is -2.53. The molecule has 0 bridgehead atoms. The van der Waals surface area contributed by atoms with Crippen molar-refractivity contribution in [3.05, 3.63) is 41.3 Å². The number of anilines is 1. The Labute approximate surface area is 205 Å². The van der Waals surface area contributed by atoms with Crippen LogP contribution in [0.5, 0.6) is 0 Å². The molecule has 1 aliphatic rings. The van der Waals surface area contributed by atoms with E-state index in [4.69, 9.17) is 4.74 Å². The van der Waals surface area contributed by atoms with Crippen molar-refractivity contribution >= 4 is 33.6 Å². The Morgan fingerprint density at radius 1 is 1.17 bits per heavy atom. The van der Waals surface area contributed by atoms with Gasteiger partial charge in [-0.3, -0.25) is 14.5 Å². The van der Waals surface area contributed by atoms with E-state index in [1.807, 2.05) is 6.92 Å². The van der Waals surface area contributed by atoms with Crippen LogP contribution in [0.15, 0.2) is 29.2 Å². The molecule has 11 nitrogen and oxygen atoms in total. The highest BCUT2D eigenvalue weighted by Crippen LogP contribution is 2.31. The number of benzene rings is 1. The number of rotatable bonds is 7. The lowest BCUT2D eigenvalue weighted by atomic mass is 10.1. The van der Waals surface area contributed by atoms with Crippen LogP contribution in [0.1, 0.15) is 41.6 Å². The van der Waals surface area contributed by atoms with Gasteiger partial charge in [0.25, 0.3) is 5.91 Å². The van der Waals surface area contributed by atoms with Crippen molar-refractivity contribution in [2.24, 2.45) is 0 Å². The van der Waals surface area contributed by atoms with E-state index in [-0.39, 0.29) is 29.4 Å². The molecule has 0 saturated carbocycles. The predicted molar refractivity (Wildman–Crippen MR) is 128 cm³/mol. The third kappa shape index (κ3) is 5.08. The number of aromatic nitrogens is 2. The molecule has 2 heterocycles. The van der Waals surface area contributed by atoms with Crippen LogP contribution in [-0.2, 0) is 24.3 Å². The number of carbonyl (C=O) groups is 3. The van der Waals surface area contributed by atoms with E-state index < -0.39 is 39.9 Å². The van der Waals surface area contributed by atoms with Gasteiger partial charge >= 0.3 is 5.97 Å². The summed E-state index contributed by atoms with van der Waals surface area (Å²) >= 11 is 0. The molecule has 12 heteroatoms. The average Bonchev–Trinajstić information content (AvgIpc) is 3.45. The normalized spacial score (nSPS) is 17.1. The molecule has 0 aliphatic carbocycles. The highest BCUT2D eigenvalue weighted by molar-refractivity contribution is 7.89. The van der Waals surface area contributed by atoms with Crippen molar-refractivity contribution in [3.8, 4) is 0 Å². The number of aryl methyl sites for hydroxylation is 2. The van der Waals surface area contributed by atoms with E-state index in [9.17, 15) is 22.8 Å². The van der Waals surface area contributed by atoms with Gasteiger partial charge in [0.1, 0.15) is 23.6 Å². The fourth-order valence-corrected chi connectivity index (χ4v) is 5.71. The van der Waals surface area contributed by atoms with Crippen LogP contribution in [-0.4, -0.2) is 85.2 Å². The minimum atomic E-state index is -3.99. The zero-order chi connectivity index (χ0) is 26.1. The number of esters is 1. The van der Waals surface area contributed by atoms with Gasteiger partial charge in [-0.25, -0.2) is 18.2 Å². The summed E-state index contributed by atoms with van der Waals surface area (Å²) < 4.78 is 32.9. The van der Waals surface area contributed by atoms with E-state index in [0.717, 1.165) is 14.8 Å². The standard InChI is InChI=1S/C23H31N5O6S/c1-14-9-11-17(12-10-14)35(32,33)27-13-7-8-18(27)21(29)28(15(2)23(31)34-6)20-19(22(30)26(4)5)24-16(3)25-20/h9-12,15,18H,7-8,13H2,1-6H3,(H,24,25)/t15-,18-/m0/s1. The van der Waals surface area contributed by atoms with Gasteiger partial charge in [0, 0.05) is 20.6 Å². The molecular formula is C23H31N5O6S. The summed E-state index contributed by atoms with van der Waals surface area (Å²) in [4.78, 5) is 48.9. The maximum atomic E-state index is 13.9. The van der Waals surface area contributed by atoms with E-state index in [0.29, 0.717) is 12.2 Å². The van der Waals surface area contributed by atoms with Gasteiger partial charge in [-0.2, -0.15) is 4.31 Å². The van der Waals surface area contributed by atoms with Gasteiger partial charge in [0.05, 0.1) is 12.0 Å². The Hall–Kier alpha value is -3.25. The molecule has 1 aromatic carbocycles. The molecule has 0 unspecified atom stereocenters. The lowest BCUT2D eigenvalue weighted by Gasteiger charge is -2.32. The first-order chi connectivity index (χ1) is 16.4. The number of methoxy groups -OCH3 is 1. The molecule has 1 fully saturated rings. The minimum absolute atomic E-state index is 0.0162. The van der Waals surface area contributed by atoms with E-state index in [1.165, 1.54) is 31.1 Å². The van der Waals surface area contributed by atoms with Crippen molar-refractivity contribution < 1.29 is 27.5 Å². The number of hydrogen-bond donors (Lipinski definition) is 1. The number of sulfonamides is 1. The predicted octanol–water partition coefficient (Wildman–Crippen LogP) is 1.48. The molecule has 35 heavy (non-hydrogen) atoms. The summed E-state index contributed by atoms with van der Waals surface area (Å²) in [5, 5.41) is 0. The smallest absolute Gasteiger partial charge is 0.328 e. The second-order valence-electron chi connectivity index (χ2n) is 8.71. The molecule has 2 atom stereocenters. The molecule has 2 aromatic rings. The molecule has 1 N–H and O–H groups in total. The first kappa shape index (κ1) is 26.4. The van der Waals surface area contributed by atoms with Gasteiger partial charge in [-0.05, 0) is 45.7 Å². The largest absolute Gasteiger partial charge is 0.467 e. The number of hydrogen-bond acceptors (Lipinski definition) is 7. The Bertz CT molecular complexity index is 1220. The number of nitrogens with one attached hydrogen (secondary N) is 1. The monoisotopic (exact) mass is 505 g/mol. The number of amides is 2. The average molecular weight is 506 g/mol. The van der Waals surface area contributed by atoms with Gasteiger partial charge in [-0.15, -0.1) is 0 Å². The molecule has 0 spiro atoms. The molecule has 190 valence electrons. The summed E-state index contributed by atoms with van der Waals surface area (Å²) in [5.41, 5.74) is 0.922. The highest BCUT2D eigenvalue weighted by atomic mass is 32.2. The van der Waals surface area contributed by atoms with Crippen LogP contribution in [0.2, 0.25) is 0 Å². The van der Waals surface area contributed by atoms with Gasteiger partial charge in [-0.1, -0.05) is 17.7 Å². The van der Waals surface area contributed by atoms with Crippen molar-refractivity contribution in [2.45, 2.75) is 50.6 Å². The first-order valence-corrected chi connectivity index (χ1v) is 12.6. The minimum Gasteiger partial charge on any atom is -0.467 e. The maximum absolute atomic E-state index is 13.9. The van der Waals surface area contributed by atoms with Crippen molar-refractivity contribution in [1.82, 2.24) is 19.2 Å². The zero-order valence-corrected chi connectivity index (χ0v) is 21.5. The van der Waals surface area contributed by atoms with Crippen LogP contribution in [0, 0.1) is 13.8 Å². The Morgan fingerprint density at radius 2 is 1.80 bits per heavy atom. The third-order valence-electron chi connectivity index (χ3n) is 5.93. The van der Waals surface area contributed by atoms with Crippen molar-refractivity contribution in [1.29, 1.82) is 0 Å². The highest BCUT2D eigenvalue weighted by Gasteiger charge is 2.45. The number of carbonyl (C=O) groups excluding carboxylic acids is 3. The van der Waals surface area contributed by atoms with Crippen molar-refractivity contribution in [3.63, 3.8) is 0 Å². The first-order valence-electron chi connectivity index (χ1n) is 11.2. The molecule has 3 rings (SSSR count). The maximum Gasteiger partial charge on any atom is 0.328 e. The molecule has 1 aliphatic heterocycles. The van der Waals surface area contributed by atoms with Gasteiger partial charge < -0.3 is 14.6 Å². The van der Waals surface area contributed by atoms with Crippen LogP contribution in [0.4, 0.5) is 5.82 Å². The fourth-order valence-electron chi connectivity index (χ4n) is 4.06. The summed E-state index contributed by atoms with van der Waals surface area (Å²) in [6.07, 6.45) is 0.722. The zero-order valence-electron chi connectivity index (χ0n) is 20.7. The number of ether oxygens (including phenoxy) is 1. The molecule has 1 aromatic heterocycles. The number of H-pyrrole nitrogens is 1. The Kier molecular flexibility index (Phi) is 7.65. The van der Waals surface area contributed by atoms with Crippen LogP contribution in [0.25, 0.3) is 0 Å². The summed E-state index contributed by atoms with van der Waals surface area (Å²) in [7, 11) is 0.295. The topological polar surface area (TPSA) is 133 Å². The van der Waals surface area contributed by atoms with E-state index in [1.54, 1.807) is 33.2 Å². The fraction of sp³-hybridized carbons (Fsp3) is 0.478. The molecule has 2 amide bonds. The van der Waals surface area contributed by atoms with Gasteiger partial charge in [0.2, 0.25) is 15.9 Å². The SMILES string of the molecule is COC(=O)[C@H](C)N(C(=O)[C@@H]1CCCN1S(=O)(=O)c1ccc(C)cc1)c1nc(C)[nH]c1C(=O)N(C)C. The van der Waals surface area contributed by atoms with E-state index in [2.05, 4.69) is 9.97 Å². The van der Waals surface area contributed by atoms with Crippen molar-refractivity contribution in [2.75, 3.05) is 32.6 Å². The second-order valence-corrected chi connectivity index (χ2v) is 10.6. The van der Waals surface area contributed by atoms with Crippen LogP contribution < -0.4 is 4.90 Å². The lowest BCUT2D eigenvalue weighted by molar-refractivity contribution is -0.143. The van der Waals surface area contributed by atoms with Crippen LogP contribution in [0.3, 0.4) is 0 Å². The second kappa shape index (κ2) is 10.2. The molecule has 0 radical (unpaired) electrons. The summed E-state index contributed by atoms with van der Waals surface area (Å²) in [5.74, 6) is -1.53. The van der Waals surface area contributed by atoms with Crippen LogP contribution >= 0.6 is 0 Å². The number of aromatic amines is 1. The molecular weight excluding hydrogens is 474 g/mol. The Balaban J connectivity index is 2.08. The number of nitrogens with zero attached hydrogens (tertiary/aromatic N) is 4. The Morgan fingerprint density at radius 3 is 2.37 bits per heavy atom. The quantitative estimate of drug-likeness (QED) is 0.564. The summed E-state index contributed by atoms with van der Waals surface area (Å²) in [6, 6.07) is 4.16. The third-order valence-corrected chi connectivity index (χ3v) is 7.86. The summed E-state index contributed by atoms with van der Waals surface area (Å²) in [6.45, 7) is 5.07.